The monoisotopic (exact) mass is 233 g/mol. The van der Waals surface area contributed by atoms with Crippen LogP contribution in [0.1, 0.15) is 24.4 Å². The smallest absolute Gasteiger partial charge is 0.252 e. The highest BCUT2D eigenvalue weighted by atomic mass is 16.5. The van der Waals surface area contributed by atoms with Crippen LogP contribution in [0.3, 0.4) is 0 Å². The molecule has 90 valence electrons. The van der Waals surface area contributed by atoms with Gasteiger partial charge in [0, 0.05) is 25.5 Å². The molecule has 0 aromatic carbocycles. The van der Waals surface area contributed by atoms with Gasteiger partial charge in [-0.15, -0.1) is 5.10 Å². The van der Waals surface area contributed by atoms with Crippen LogP contribution < -0.4 is 5.32 Å². The van der Waals surface area contributed by atoms with Crippen LogP contribution in [-0.2, 0) is 11.2 Å². The number of hydrogen-bond acceptors (Lipinski definition) is 5. The average Bonchev–Trinajstić information content (AvgIpc) is 2.82. The van der Waals surface area contributed by atoms with Gasteiger partial charge in [-0.05, 0) is 12.0 Å². The largest absolute Gasteiger partial charge is 0.367 e. The van der Waals surface area contributed by atoms with Gasteiger partial charge in [0.25, 0.3) is 5.78 Å². The summed E-state index contributed by atoms with van der Waals surface area (Å²) in [6.45, 7) is 4.45. The number of nitrogens with one attached hydrogen (secondary N) is 1. The number of ether oxygens (including phenoxy) is 1. The zero-order chi connectivity index (χ0) is 11.7. The van der Waals surface area contributed by atoms with Crippen molar-refractivity contribution >= 4 is 5.78 Å². The van der Waals surface area contributed by atoms with Crippen LogP contribution in [0, 0.1) is 0 Å². The Labute approximate surface area is 99.0 Å². The normalized spacial score (nSPS) is 20.9. The van der Waals surface area contributed by atoms with Crippen molar-refractivity contribution in [3.63, 3.8) is 0 Å². The summed E-state index contributed by atoms with van der Waals surface area (Å²) in [5.41, 5.74) is 1.15. The third kappa shape index (κ3) is 2.01. The van der Waals surface area contributed by atoms with Crippen molar-refractivity contribution in [2.75, 3.05) is 19.7 Å². The van der Waals surface area contributed by atoms with E-state index in [1.54, 1.807) is 4.52 Å². The molecule has 17 heavy (non-hydrogen) atoms. The molecule has 1 N–H and O–H groups in total. The van der Waals surface area contributed by atoms with E-state index in [1.807, 2.05) is 12.4 Å². The highest BCUT2D eigenvalue weighted by Crippen LogP contribution is 2.15. The SMILES string of the molecule is CCc1cnc2nc(C3CNCCO3)nn2c1. The van der Waals surface area contributed by atoms with Gasteiger partial charge in [-0.1, -0.05) is 6.92 Å². The minimum absolute atomic E-state index is 0.0597. The molecule has 0 saturated carbocycles. The molecular weight excluding hydrogens is 218 g/mol. The van der Waals surface area contributed by atoms with Crippen LogP contribution in [-0.4, -0.2) is 39.3 Å². The van der Waals surface area contributed by atoms with Crippen LogP contribution in [0.5, 0.6) is 0 Å². The Morgan fingerprint density at radius 2 is 2.53 bits per heavy atom. The van der Waals surface area contributed by atoms with E-state index in [2.05, 4.69) is 27.3 Å². The number of morpholine rings is 1. The Morgan fingerprint density at radius 3 is 3.29 bits per heavy atom. The molecule has 1 aliphatic rings. The fourth-order valence-corrected chi connectivity index (χ4v) is 1.89. The summed E-state index contributed by atoms with van der Waals surface area (Å²) >= 11 is 0. The average molecular weight is 233 g/mol. The van der Waals surface area contributed by atoms with Crippen molar-refractivity contribution < 1.29 is 4.74 Å². The molecule has 1 unspecified atom stereocenters. The molecule has 2 aromatic heterocycles. The molecule has 1 fully saturated rings. The molecule has 6 nitrogen and oxygen atoms in total. The van der Waals surface area contributed by atoms with Crippen molar-refractivity contribution in [2.24, 2.45) is 0 Å². The van der Waals surface area contributed by atoms with Crippen LogP contribution >= 0.6 is 0 Å². The quantitative estimate of drug-likeness (QED) is 0.810. The fourth-order valence-electron chi connectivity index (χ4n) is 1.89. The number of rotatable bonds is 2. The molecule has 1 saturated heterocycles. The lowest BCUT2D eigenvalue weighted by Crippen LogP contribution is -2.33. The summed E-state index contributed by atoms with van der Waals surface area (Å²) in [6.07, 6.45) is 4.69. The maximum Gasteiger partial charge on any atom is 0.252 e. The Bertz CT molecular complexity index is 518. The minimum Gasteiger partial charge on any atom is -0.367 e. The fraction of sp³-hybridized carbons (Fsp3) is 0.545. The number of nitrogens with zero attached hydrogens (tertiary/aromatic N) is 4. The van der Waals surface area contributed by atoms with E-state index in [-0.39, 0.29) is 6.10 Å². The van der Waals surface area contributed by atoms with Gasteiger partial charge < -0.3 is 10.1 Å². The van der Waals surface area contributed by atoms with Gasteiger partial charge in [-0.25, -0.2) is 9.50 Å². The van der Waals surface area contributed by atoms with Gasteiger partial charge in [0.1, 0.15) is 6.10 Å². The van der Waals surface area contributed by atoms with Crippen molar-refractivity contribution in [3.05, 3.63) is 23.8 Å². The van der Waals surface area contributed by atoms with E-state index in [1.165, 1.54) is 0 Å². The molecule has 0 radical (unpaired) electrons. The lowest BCUT2D eigenvalue weighted by molar-refractivity contribution is 0.0223. The summed E-state index contributed by atoms with van der Waals surface area (Å²) in [7, 11) is 0. The van der Waals surface area contributed by atoms with Gasteiger partial charge in [-0.2, -0.15) is 4.98 Å². The molecule has 0 bridgehead atoms. The lowest BCUT2D eigenvalue weighted by Gasteiger charge is -2.20. The second-order valence-electron chi connectivity index (χ2n) is 4.09. The van der Waals surface area contributed by atoms with Crippen LogP contribution in [0.15, 0.2) is 12.4 Å². The summed E-state index contributed by atoms with van der Waals surface area (Å²) in [6, 6.07) is 0. The molecule has 3 heterocycles. The molecule has 0 amide bonds. The molecule has 3 rings (SSSR count). The van der Waals surface area contributed by atoms with Crippen LogP contribution in [0.25, 0.3) is 5.78 Å². The first-order valence-electron chi connectivity index (χ1n) is 5.90. The Balaban J connectivity index is 1.95. The minimum atomic E-state index is -0.0597. The molecule has 2 aromatic rings. The summed E-state index contributed by atoms with van der Waals surface area (Å²) in [4.78, 5) is 8.67. The summed E-state index contributed by atoms with van der Waals surface area (Å²) in [5.74, 6) is 1.34. The molecule has 1 aliphatic heterocycles. The van der Waals surface area contributed by atoms with Crippen LogP contribution in [0.2, 0.25) is 0 Å². The molecule has 0 spiro atoms. The van der Waals surface area contributed by atoms with Crippen molar-refractivity contribution in [1.82, 2.24) is 24.9 Å². The van der Waals surface area contributed by atoms with Gasteiger partial charge in [0.2, 0.25) is 0 Å². The van der Waals surface area contributed by atoms with E-state index in [9.17, 15) is 0 Å². The van der Waals surface area contributed by atoms with Crippen LogP contribution in [0.4, 0.5) is 0 Å². The maximum atomic E-state index is 5.62. The number of aromatic nitrogens is 4. The second-order valence-corrected chi connectivity index (χ2v) is 4.09. The zero-order valence-corrected chi connectivity index (χ0v) is 9.76. The first kappa shape index (κ1) is 10.6. The number of fused-ring (bicyclic) bond motifs is 1. The first-order chi connectivity index (χ1) is 8.36. The second kappa shape index (κ2) is 4.38. The number of hydrogen-bond donors (Lipinski definition) is 1. The van der Waals surface area contributed by atoms with E-state index in [0.717, 1.165) is 25.1 Å². The Kier molecular flexibility index (Phi) is 2.74. The predicted molar refractivity (Wildman–Crippen MR) is 61.7 cm³/mol. The zero-order valence-electron chi connectivity index (χ0n) is 9.76. The third-order valence-electron chi connectivity index (χ3n) is 2.89. The lowest BCUT2D eigenvalue weighted by atomic mass is 10.3. The van der Waals surface area contributed by atoms with Gasteiger partial charge >= 0.3 is 0 Å². The highest BCUT2D eigenvalue weighted by molar-refractivity contribution is 5.28. The number of aryl methyl sites for hydroxylation is 1. The Hall–Kier alpha value is -1.53. The van der Waals surface area contributed by atoms with E-state index >= 15 is 0 Å². The van der Waals surface area contributed by atoms with Gasteiger partial charge in [-0.3, -0.25) is 0 Å². The molecule has 0 aliphatic carbocycles. The van der Waals surface area contributed by atoms with Crippen molar-refractivity contribution in [2.45, 2.75) is 19.4 Å². The Morgan fingerprint density at radius 1 is 1.59 bits per heavy atom. The van der Waals surface area contributed by atoms with E-state index < -0.39 is 0 Å². The summed E-state index contributed by atoms with van der Waals surface area (Å²) in [5, 5.41) is 7.69. The highest BCUT2D eigenvalue weighted by Gasteiger charge is 2.20. The standard InChI is InChI=1S/C11H15N5O/c1-2-8-5-13-11-14-10(15-16(11)7-8)9-6-12-3-4-17-9/h5,7,9,12H,2-4,6H2,1H3. The molecule has 1 atom stereocenters. The van der Waals surface area contributed by atoms with E-state index in [4.69, 9.17) is 4.74 Å². The van der Waals surface area contributed by atoms with Crippen molar-refractivity contribution in [1.29, 1.82) is 0 Å². The topological polar surface area (TPSA) is 64.3 Å². The molecular formula is C11H15N5O. The van der Waals surface area contributed by atoms with Crippen molar-refractivity contribution in [3.8, 4) is 0 Å². The van der Waals surface area contributed by atoms with Gasteiger partial charge in [0.15, 0.2) is 5.82 Å². The summed E-state index contributed by atoms with van der Waals surface area (Å²) < 4.78 is 7.35. The maximum absolute atomic E-state index is 5.62. The first-order valence-corrected chi connectivity index (χ1v) is 5.90. The molecule has 6 heteroatoms. The van der Waals surface area contributed by atoms with Gasteiger partial charge in [0.05, 0.1) is 6.61 Å². The predicted octanol–water partition coefficient (Wildman–Crippen LogP) is 0.348. The third-order valence-corrected chi connectivity index (χ3v) is 2.89. The van der Waals surface area contributed by atoms with E-state index in [0.29, 0.717) is 18.2 Å².